The van der Waals surface area contributed by atoms with Crippen LogP contribution in [-0.4, -0.2) is 23.0 Å². The van der Waals surface area contributed by atoms with Gasteiger partial charge in [-0.1, -0.05) is 36.5 Å². The first-order valence-corrected chi connectivity index (χ1v) is 6.81. The normalized spacial score (nSPS) is 18.2. The molecule has 1 aromatic rings. The zero-order chi connectivity index (χ0) is 12.5. The van der Waals surface area contributed by atoms with Gasteiger partial charge in [-0.05, 0) is 36.8 Å². The fraction of sp³-hybridized carbons (Fsp3) is 0.429. The third kappa shape index (κ3) is 2.53. The minimum atomic E-state index is -0.130. The maximum atomic E-state index is 11.9. The Hall–Kier alpha value is -1.42. The Morgan fingerprint density at radius 1 is 1.06 bits per heavy atom. The van der Waals surface area contributed by atoms with E-state index in [1.807, 2.05) is 12.1 Å². The summed E-state index contributed by atoms with van der Waals surface area (Å²) in [6.07, 6.45) is 4.08. The van der Waals surface area contributed by atoms with E-state index in [1.54, 1.807) is 0 Å². The van der Waals surface area contributed by atoms with Crippen LogP contribution in [0.3, 0.4) is 0 Å². The number of nitrogens with one attached hydrogen (secondary N) is 2. The molecule has 1 saturated carbocycles. The van der Waals surface area contributed by atoms with Crippen LogP contribution in [0.4, 0.5) is 0 Å². The number of hydrogen-bond donors (Lipinski definition) is 2. The van der Waals surface area contributed by atoms with E-state index in [4.69, 9.17) is 12.2 Å². The Morgan fingerprint density at radius 3 is 2.22 bits per heavy atom. The summed E-state index contributed by atoms with van der Waals surface area (Å²) in [6, 6.07) is 8.97. The second-order valence-corrected chi connectivity index (χ2v) is 5.50. The third-order valence-electron chi connectivity index (χ3n) is 3.51. The highest BCUT2D eigenvalue weighted by Gasteiger charge is 2.27. The molecule has 18 heavy (non-hydrogen) atoms. The average molecular weight is 260 g/mol. The van der Waals surface area contributed by atoms with Gasteiger partial charge in [-0.3, -0.25) is 4.79 Å². The number of amides is 1. The molecule has 3 rings (SSSR count). The van der Waals surface area contributed by atoms with Crippen LogP contribution in [0.2, 0.25) is 0 Å². The van der Waals surface area contributed by atoms with Crippen molar-refractivity contribution in [2.45, 2.75) is 37.8 Å². The summed E-state index contributed by atoms with van der Waals surface area (Å²) in [5.41, 5.74) is 2.67. The number of rotatable bonds is 2. The van der Waals surface area contributed by atoms with Gasteiger partial charge in [0, 0.05) is 12.1 Å². The molecule has 0 unspecified atom stereocenters. The molecule has 1 fully saturated rings. The fourth-order valence-electron chi connectivity index (χ4n) is 2.39. The smallest absolute Gasteiger partial charge is 0.278 e. The molecule has 0 heterocycles. The highest BCUT2D eigenvalue weighted by molar-refractivity contribution is 7.82. The van der Waals surface area contributed by atoms with E-state index in [1.165, 1.54) is 11.1 Å². The number of benzene rings is 1. The first kappa shape index (κ1) is 11.7. The minimum absolute atomic E-state index is 0.130. The highest BCUT2D eigenvalue weighted by atomic mass is 32.1. The topological polar surface area (TPSA) is 41.1 Å². The first-order chi connectivity index (χ1) is 8.72. The van der Waals surface area contributed by atoms with Crippen LogP contribution in [0, 0.1) is 0 Å². The molecule has 94 valence electrons. The molecule has 0 atom stereocenters. The average Bonchev–Trinajstić information content (AvgIpc) is 3.07. The van der Waals surface area contributed by atoms with Crippen LogP contribution in [0.5, 0.6) is 0 Å². The van der Waals surface area contributed by atoms with Gasteiger partial charge in [0.25, 0.3) is 5.91 Å². The summed E-state index contributed by atoms with van der Waals surface area (Å²) >= 11 is 5.09. The Bertz CT molecular complexity index is 471. The predicted molar refractivity (Wildman–Crippen MR) is 74.5 cm³/mol. The van der Waals surface area contributed by atoms with Crippen LogP contribution in [0.15, 0.2) is 24.3 Å². The number of thiocarbonyl (C=S) groups is 1. The third-order valence-corrected chi connectivity index (χ3v) is 3.81. The number of carbonyl (C=O) groups is 1. The van der Waals surface area contributed by atoms with Gasteiger partial charge in [0.15, 0.2) is 4.99 Å². The molecule has 0 saturated heterocycles. The summed E-state index contributed by atoms with van der Waals surface area (Å²) in [5.74, 6) is -0.130. The SMILES string of the molecule is O=C(NC1Cc2ccccc2C1)C(=S)NC1CC1. The van der Waals surface area contributed by atoms with Gasteiger partial charge in [0.2, 0.25) is 0 Å². The zero-order valence-corrected chi connectivity index (χ0v) is 10.9. The summed E-state index contributed by atoms with van der Waals surface area (Å²) in [4.78, 5) is 12.2. The number of hydrogen-bond acceptors (Lipinski definition) is 2. The molecule has 2 aliphatic carbocycles. The molecule has 0 spiro atoms. The van der Waals surface area contributed by atoms with Gasteiger partial charge in [-0.15, -0.1) is 0 Å². The number of fused-ring (bicyclic) bond motifs is 1. The van der Waals surface area contributed by atoms with E-state index in [9.17, 15) is 4.79 Å². The Labute approximate surface area is 112 Å². The van der Waals surface area contributed by atoms with Crippen LogP contribution in [-0.2, 0) is 17.6 Å². The molecule has 2 N–H and O–H groups in total. The quantitative estimate of drug-likeness (QED) is 0.789. The maximum absolute atomic E-state index is 11.9. The molecular formula is C14H16N2OS. The molecule has 0 aromatic heterocycles. The Morgan fingerprint density at radius 2 is 1.67 bits per heavy atom. The zero-order valence-electron chi connectivity index (χ0n) is 10.1. The van der Waals surface area contributed by atoms with E-state index in [2.05, 4.69) is 22.8 Å². The molecular weight excluding hydrogens is 244 g/mol. The second-order valence-electron chi connectivity index (χ2n) is 5.10. The number of carbonyl (C=O) groups excluding carboxylic acids is 1. The molecule has 1 aromatic carbocycles. The van der Waals surface area contributed by atoms with E-state index in [0.29, 0.717) is 11.0 Å². The summed E-state index contributed by atoms with van der Waals surface area (Å²) in [6.45, 7) is 0. The van der Waals surface area contributed by atoms with Crippen molar-refractivity contribution in [3.05, 3.63) is 35.4 Å². The van der Waals surface area contributed by atoms with Gasteiger partial charge in [-0.25, -0.2) is 0 Å². The first-order valence-electron chi connectivity index (χ1n) is 6.40. The molecule has 2 aliphatic rings. The second kappa shape index (κ2) is 4.69. The Kier molecular flexibility index (Phi) is 3.04. The van der Waals surface area contributed by atoms with Crippen molar-refractivity contribution in [2.75, 3.05) is 0 Å². The molecule has 3 nitrogen and oxygen atoms in total. The van der Waals surface area contributed by atoms with Gasteiger partial charge in [0.05, 0.1) is 0 Å². The molecule has 0 radical (unpaired) electrons. The minimum Gasteiger partial charge on any atom is -0.369 e. The van der Waals surface area contributed by atoms with Crippen LogP contribution in [0.1, 0.15) is 24.0 Å². The van der Waals surface area contributed by atoms with Gasteiger partial charge in [-0.2, -0.15) is 0 Å². The molecule has 0 bridgehead atoms. The van der Waals surface area contributed by atoms with Crippen molar-refractivity contribution in [3.63, 3.8) is 0 Å². The summed E-state index contributed by atoms with van der Waals surface area (Å²) in [7, 11) is 0. The lowest BCUT2D eigenvalue weighted by Gasteiger charge is -2.13. The van der Waals surface area contributed by atoms with E-state index >= 15 is 0 Å². The largest absolute Gasteiger partial charge is 0.369 e. The summed E-state index contributed by atoms with van der Waals surface area (Å²) < 4.78 is 0. The summed E-state index contributed by atoms with van der Waals surface area (Å²) in [5, 5.41) is 6.08. The van der Waals surface area contributed by atoms with Gasteiger partial charge >= 0.3 is 0 Å². The van der Waals surface area contributed by atoms with Crippen LogP contribution in [0.25, 0.3) is 0 Å². The lowest BCUT2D eigenvalue weighted by Crippen LogP contribution is -2.44. The van der Waals surface area contributed by atoms with E-state index < -0.39 is 0 Å². The Balaban J connectivity index is 1.55. The van der Waals surface area contributed by atoms with Crippen molar-refractivity contribution >= 4 is 23.1 Å². The maximum Gasteiger partial charge on any atom is 0.278 e. The molecule has 0 aliphatic heterocycles. The van der Waals surface area contributed by atoms with Crippen molar-refractivity contribution in [1.29, 1.82) is 0 Å². The standard InChI is InChI=1S/C14H16N2OS/c17-13(14(18)16-11-5-6-11)15-12-7-9-3-1-2-4-10(9)8-12/h1-4,11-12H,5-8H2,(H,15,17)(H,16,18). The lowest BCUT2D eigenvalue weighted by atomic mass is 10.1. The predicted octanol–water partition coefficient (Wildman–Crippen LogP) is 1.35. The van der Waals surface area contributed by atoms with Crippen molar-refractivity contribution in [3.8, 4) is 0 Å². The van der Waals surface area contributed by atoms with Crippen molar-refractivity contribution < 1.29 is 4.79 Å². The molecule has 1 amide bonds. The van der Waals surface area contributed by atoms with Crippen LogP contribution < -0.4 is 10.6 Å². The van der Waals surface area contributed by atoms with Crippen molar-refractivity contribution in [2.24, 2.45) is 0 Å². The molecule has 4 heteroatoms. The van der Waals surface area contributed by atoms with Crippen LogP contribution >= 0.6 is 12.2 Å². The highest BCUT2D eigenvalue weighted by Crippen LogP contribution is 2.22. The van der Waals surface area contributed by atoms with Crippen molar-refractivity contribution in [1.82, 2.24) is 10.6 Å². The van der Waals surface area contributed by atoms with E-state index in [-0.39, 0.29) is 11.9 Å². The van der Waals surface area contributed by atoms with Gasteiger partial charge < -0.3 is 10.6 Å². The fourth-order valence-corrected chi connectivity index (χ4v) is 2.62. The van der Waals surface area contributed by atoms with Gasteiger partial charge in [0.1, 0.15) is 0 Å². The van der Waals surface area contributed by atoms with E-state index in [0.717, 1.165) is 25.7 Å². The lowest BCUT2D eigenvalue weighted by molar-refractivity contribution is -0.115. The monoisotopic (exact) mass is 260 g/mol.